The lowest BCUT2D eigenvalue weighted by atomic mass is 9.39. The standard InChI is InChI=1S/C42H44B2O4P2Si/c1-45-33-25-27-41(39(29-33)47-3)49(35-17-9-5-10-18-35)31-43-44(51(37-21-13-7-14-22-37)38-23-15-8-16-24-38)32-50(36-19-11-6-12-20-36)42-28-26-34(46-2)30-40(42)48-4/h5-30,43,51H,31-32H2,1-4H3. The highest BCUT2D eigenvalue weighted by Gasteiger charge is 2.35. The van der Waals surface area contributed by atoms with Crippen LogP contribution in [0.15, 0.2) is 158 Å². The Balaban J connectivity index is 1.49. The van der Waals surface area contributed by atoms with Crippen molar-refractivity contribution in [1.82, 2.24) is 0 Å². The number of benzene rings is 6. The quantitative estimate of drug-likeness (QED) is 0.100. The molecule has 0 saturated carbocycles. The van der Waals surface area contributed by atoms with Gasteiger partial charge in [-0.15, -0.1) is 0 Å². The Morgan fingerprint density at radius 1 is 0.490 bits per heavy atom. The first-order valence-corrected chi connectivity index (χ1v) is 22.2. The Labute approximate surface area is 308 Å². The van der Waals surface area contributed by atoms with Gasteiger partial charge in [-0.05, 0) is 50.7 Å². The molecule has 2 unspecified atom stereocenters. The lowest BCUT2D eigenvalue weighted by molar-refractivity contribution is 0.396. The zero-order valence-electron chi connectivity index (χ0n) is 29.8. The predicted octanol–water partition coefficient (Wildman–Crippen LogP) is 5.33. The maximum Gasteiger partial charge on any atom is 0.130 e. The minimum absolute atomic E-state index is 0.436. The summed E-state index contributed by atoms with van der Waals surface area (Å²) in [6.45, 7) is 0. The molecule has 4 nitrogen and oxygen atoms in total. The molecule has 0 aliphatic carbocycles. The number of ether oxygens (including phenoxy) is 4. The van der Waals surface area contributed by atoms with E-state index in [2.05, 4.69) is 146 Å². The van der Waals surface area contributed by atoms with Crippen molar-refractivity contribution < 1.29 is 18.9 Å². The fraction of sp³-hybridized carbons (Fsp3) is 0.143. The molecule has 0 aromatic heterocycles. The van der Waals surface area contributed by atoms with Crippen LogP contribution in [-0.4, -0.2) is 62.6 Å². The fourth-order valence-electron chi connectivity index (χ4n) is 6.91. The average molecular weight is 724 g/mol. The molecule has 6 aromatic rings. The summed E-state index contributed by atoms with van der Waals surface area (Å²) in [5.41, 5.74) is 0. The maximum atomic E-state index is 6.09. The first-order valence-electron chi connectivity index (χ1n) is 17.3. The van der Waals surface area contributed by atoms with E-state index in [-0.39, 0.29) is 0 Å². The Kier molecular flexibility index (Phi) is 13.1. The summed E-state index contributed by atoms with van der Waals surface area (Å²) >= 11 is 0. The van der Waals surface area contributed by atoms with E-state index in [1.165, 1.54) is 31.6 Å². The van der Waals surface area contributed by atoms with E-state index in [0.717, 1.165) is 42.3 Å². The van der Waals surface area contributed by atoms with Crippen LogP contribution in [0, 0.1) is 0 Å². The third-order valence-corrected chi connectivity index (χ3v) is 18.8. The Bertz CT molecular complexity index is 1920. The predicted molar refractivity (Wildman–Crippen MR) is 226 cm³/mol. The molecule has 0 fully saturated rings. The SMILES string of the molecule is COc1ccc(P(CBB(CP(c2ccccc2)c2ccc(OC)cc2OC)[SiH](c2ccccc2)c2ccccc2)c2ccccc2)c(OC)c1. The second-order valence-corrected chi connectivity index (χ2v) is 20.1. The van der Waals surface area contributed by atoms with E-state index in [1.54, 1.807) is 28.4 Å². The Morgan fingerprint density at radius 3 is 1.33 bits per heavy atom. The van der Waals surface area contributed by atoms with Gasteiger partial charge in [-0.25, -0.2) is 0 Å². The van der Waals surface area contributed by atoms with E-state index < -0.39 is 24.5 Å². The molecule has 0 spiro atoms. The van der Waals surface area contributed by atoms with Gasteiger partial charge < -0.3 is 18.9 Å². The van der Waals surface area contributed by atoms with Gasteiger partial charge in [0.1, 0.15) is 29.2 Å². The van der Waals surface area contributed by atoms with Gasteiger partial charge in [0.15, 0.2) is 0 Å². The summed E-state index contributed by atoms with van der Waals surface area (Å²) in [4.78, 5) is 0. The van der Waals surface area contributed by atoms with Gasteiger partial charge >= 0.3 is 0 Å². The van der Waals surface area contributed by atoms with Gasteiger partial charge in [-0.2, -0.15) is 0 Å². The van der Waals surface area contributed by atoms with E-state index in [9.17, 15) is 0 Å². The van der Waals surface area contributed by atoms with Crippen LogP contribution in [0.3, 0.4) is 0 Å². The minimum atomic E-state index is -1.78. The third kappa shape index (κ3) is 8.97. The molecule has 9 heteroatoms. The molecule has 0 radical (unpaired) electrons. The van der Waals surface area contributed by atoms with Crippen molar-refractivity contribution in [3.05, 3.63) is 158 Å². The summed E-state index contributed by atoms with van der Waals surface area (Å²) < 4.78 is 23.4. The van der Waals surface area contributed by atoms with Crippen LogP contribution >= 0.6 is 15.8 Å². The average Bonchev–Trinajstić information content (AvgIpc) is 3.21. The van der Waals surface area contributed by atoms with Gasteiger partial charge in [0.2, 0.25) is 0 Å². The number of rotatable bonds is 16. The zero-order valence-corrected chi connectivity index (χ0v) is 32.8. The molecule has 0 amide bonds. The summed E-state index contributed by atoms with van der Waals surface area (Å²) in [7, 11) is 4.74. The van der Waals surface area contributed by atoms with E-state index >= 15 is 0 Å². The molecule has 2 atom stereocenters. The minimum Gasteiger partial charge on any atom is -0.497 e. The molecule has 0 saturated heterocycles. The second-order valence-electron chi connectivity index (χ2n) is 12.4. The molecule has 6 aromatic carbocycles. The molecule has 0 bridgehead atoms. The number of methoxy groups -OCH3 is 4. The lowest BCUT2D eigenvalue weighted by Gasteiger charge is -2.31. The highest BCUT2D eigenvalue weighted by atomic mass is 31.1. The Hall–Kier alpha value is -4.27. The van der Waals surface area contributed by atoms with Crippen molar-refractivity contribution in [2.45, 2.75) is 0 Å². The molecule has 256 valence electrons. The van der Waals surface area contributed by atoms with Gasteiger partial charge in [0.25, 0.3) is 0 Å². The Morgan fingerprint density at radius 2 is 0.902 bits per heavy atom. The topological polar surface area (TPSA) is 36.9 Å². The first kappa shape index (κ1) is 36.5. The summed E-state index contributed by atoms with van der Waals surface area (Å²) in [5.74, 6) is 3.38. The van der Waals surface area contributed by atoms with E-state index in [4.69, 9.17) is 18.9 Å². The molecule has 51 heavy (non-hydrogen) atoms. The third-order valence-electron chi connectivity index (χ3n) is 9.42. The van der Waals surface area contributed by atoms with Crippen molar-refractivity contribution in [2.24, 2.45) is 0 Å². The van der Waals surface area contributed by atoms with Gasteiger partial charge in [-0.1, -0.05) is 144 Å². The van der Waals surface area contributed by atoms with Crippen molar-refractivity contribution >= 4 is 69.5 Å². The van der Waals surface area contributed by atoms with Gasteiger partial charge in [0, 0.05) is 22.7 Å². The molecule has 0 N–H and O–H groups in total. The van der Waals surface area contributed by atoms with Crippen LogP contribution in [0.25, 0.3) is 0 Å². The summed E-state index contributed by atoms with van der Waals surface area (Å²) in [6.07, 6.45) is 0.436. The summed E-state index contributed by atoms with van der Waals surface area (Å²) in [6, 6.07) is 59.4. The van der Waals surface area contributed by atoms with Crippen LogP contribution < -0.4 is 50.5 Å². The van der Waals surface area contributed by atoms with E-state index in [0.29, 0.717) is 6.20 Å². The second kappa shape index (κ2) is 18.3. The monoisotopic (exact) mass is 724 g/mol. The van der Waals surface area contributed by atoms with Crippen molar-refractivity contribution in [1.29, 1.82) is 0 Å². The van der Waals surface area contributed by atoms with Crippen LogP contribution in [0.5, 0.6) is 23.0 Å². The molecule has 6 rings (SSSR count). The highest BCUT2D eigenvalue weighted by Crippen LogP contribution is 2.41. The van der Waals surface area contributed by atoms with Crippen LogP contribution in [0.1, 0.15) is 0 Å². The molecular formula is C42H44B2O4P2Si. The van der Waals surface area contributed by atoms with Crippen LogP contribution in [0.4, 0.5) is 0 Å². The molecular weight excluding hydrogens is 680 g/mol. The fourth-order valence-corrected chi connectivity index (χ4v) is 17.0. The summed E-state index contributed by atoms with van der Waals surface area (Å²) in [5, 5.41) is 8.17. The smallest absolute Gasteiger partial charge is 0.130 e. The number of hydrogen-bond donors (Lipinski definition) is 0. The van der Waals surface area contributed by atoms with Gasteiger partial charge in [0.05, 0.1) is 44.3 Å². The van der Waals surface area contributed by atoms with Crippen LogP contribution in [0.2, 0.25) is 0 Å². The van der Waals surface area contributed by atoms with Crippen molar-refractivity contribution in [3.63, 3.8) is 0 Å². The van der Waals surface area contributed by atoms with Crippen LogP contribution in [-0.2, 0) is 0 Å². The molecule has 0 aliphatic heterocycles. The highest BCUT2D eigenvalue weighted by molar-refractivity contribution is 7.80. The normalized spacial score (nSPS) is 12.1. The first-order chi connectivity index (χ1) is 25.1. The van der Waals surface area contributed by atoms with Crippen molar-refractivity contribution in [2.75, 3.05) is 40.6 Å². The lowest BCUT2D eigenvalue weighted by Crippen LogP contribution is -2.60. The largest absolute Gasteiger partial charge is 0.497 e. The maximum absolute atomic E-state index is 6.09. The number of hydrogen-bond acceptors (Lipinski definition) is 4. The van der Waals surface area contributed by atoms with Crippen molar-refractivity contribution in [3.8, 4) is 23.0 Å². The van der Waals surface area contributed by atoms with Gasteiger partial charge in [-0.3, -0.25) is 0 Å². The van der Waals surface area contributed by atoms with E-state index in [1.807, 2.05) is 12.1 Å². The molecule has 0 aliphatic rings. The zero-order chi connectivity index (χ0) is 35.4. The molecule has 0 heterocycles.